The predicted molar refractivity (Wildman–Crippen MR) is 116 cm³/mol. The van der Waals surface area contributed by atoms with E-state index >= 15 is 0 Å². The second-order valence-electron chi connectivity index (χ2n) is 7.85. The van der Waals surface area contributed by atoms with Crippen LogP contribution < -0.4 is 0 Å². The van der Waals surface area contributed by atoms with Crippen LogP contribution in [0.4, 0.5) is 0 Å². The molecule has 5 atom stereocenters. The molecule has 0 radical (unpaired) electrons. The van der Waals surface area contributed by atoms with Gasteiger partial charge >= 0.3 is 11.9 Å². The highest BCUT2D eigenvalue weighted by Gasteiger charge is 2.48. The maximum Gasteiger partial charge on any atom is 0.305 e. The van der Waals surface area contributed by atoms with Crippen molar-refractivity contribution in [2.75, 3.05) is 6.61 Å². The fraction of sp³-hybridized carbons (Fsp3) is 0.440. The Balaban J connectivity index is 1.74. The number of carbonyl (C=O) groups is 2. The van der Waals surface area contributed by atoms with Crippen LogP contribution in [0.15, 0.2) is 60.7 Å². The van der Waals surface area contributed by atoms with E-state index in [1.54, 1.807) is 0 Å². The van der Waals surface area contributed by atoms with Crippen LogP contribution in [-0.2, 0) is 46.5 Å². The Bertz CT molecular complexity index is 855. The summed E-state index contributed by atoms with van der Waals surface area (Å²) >= 11 is 0. The standard InChI is InChI=1S/C25H30O7/c1-17-22(16-28-14-20-10-6-4-7-11-20)32-25(31-19(3)27)24(30-18(2)26)23(17)29-15-21-12-8-5-9-13-21/h4-13,17,22-25H,14-16H2,1-3H3/t17-,22+,23+,24+,25+/m1/s1. The molecule has 1 aliphatic heterocycles. The van der Waals surface area contributed by atoms with Gasteiger partial charge in [-0.05, 0) is 11.1 Å². The molecule has 1 saturated heterocycles. The molecule has 7 heteroatoms. The molecule has 0 unspecified atom stereocenters. The number of hydrogen-bond acceptors (Lipinski definition) is 7. The first-order valence-electron chi connectivity index (χ1n) is 10.7. The summed E-state index contributed by atoms with van der Waals surface area (Å²) < 4.78 is 28.9. The molecule has 0 aliphatic carbocycles. The minimum Gasteiger partial charge on any atom is -0.453 e. The van der Waals surface area contributed by atoms with Gasteiger partial charge in [-0.25, -0.2) is 0 Å². The van der Waals surface area contributed by atoms with E-state index in [9.17, 15) is 9.59 Å². The van der Waals surface area contributed by atoms with Gasteiger partial charge in [-0.2, -0.15) is 0 Å². The molecule has 172 valence electrons. The average Bonchev–Trinajstić information content (AvgIpc) is 2.77. The lowest BCUT2D eigenvalue weighted by atomic mass is 9.90. The normalized spacial score (nSPS) is 25.2. The van der Waals surface area contributed by atoms with Gasteiger partial charge in [-0.3, -0.25) is 9.59 Å². The number of ether oxygens (including phenoxy) is 5. The molecule has 0 amide bonds. The number of benzene rings is 2. The maximum absolute atomic E-state index is 11.8. The molecule has 3 rings (SSSR count). The second kappa shape index (κ2) is 11.8. The van der Waals surface area contributed by atoms with E-state index < -0.39 is 36.5 Å². The van der Waals surface area contributed by atoms with Crippen molar-refractivity contribution >= 4 is 11.9 Å². The van der Waals surface area contributed by atoms with Crippen LogP contribution in [0.25, 0.3) is 0 Å². The first-order valence-corrected chi connectivity index (χ1v) is 10.7. The molecule has 1 fully saturated rings. The third kappa shape index (κ3) is 6.88. The molecule has 32 heavy (non-hydrogen) atoms. The minimum absolute atomic E-state index is 0.189. The lowest BCUT2D eigenvalue weighted by molar-refractivity contribution is -0.292. The fourth-order valence-electron chi connectivity index (χ4n) is 3.68. The van der Waals surface area contributed by atoms with Crippen LogP contribution in [0.1, 0.15) is 31.9 Å². The van der Waals surface area contributed by atoms with E-state index in [0.29, 0.717) is 13.2 Å². The van der Waals surface area contributed by atoms with Crippen molar-refractivity contribution in [3.05, 3.63) is 71.8 Å². The molecule has 0 bridgehead atoms. The summed E-state index contributed by atoms with van der Waals surface area (Å²) in [6.45, 7) is 5.55. The van der Waals surface area contributed by atoms with E-state index in [-0.39, 0.29) is 12.5 Å². The quantitative estimate of drug-likeness (QED) is 0.549. The van der Waals surface area contributed by atoms with Crippen molar-refractivity contribution in [1.29, 1.82) is 0 Å². The van der Waals surface area contributed by atoms with Crippen LogP contribution in [0.3, 0.4) is 0 Å². The van der Waals surface area contributed by atoms with Gasteiger partial charge in [-0.15, -0.1) is 0 Å². The van der Waals surface area contributed by atoms with Crippen LogP contribution >= 0.6 is 0 Å². The molecule has 2 aromatic carbocycles. The fourth-order valence-corrected chi connectivity index (χ4v) is 3.68. The lowest BCUT2D eigenvalue weighted by Crippen LogP contribution is -2.58. The van der Waals surface area contributed by atoms with Crippen LogP contribution in [0.5, 0.6) is 0 Å². The zero-order chi connectivity index (χ0) is 22.9. The molecule has 7 nitrogen and oxygen atoms in total. The highest BCUT2D eigenvalue weighted by atomic mass is 16.7. The van der Waals surface area contributed by atoms with Crippen molar-refractivity contribution in [1.82, 2.24) is 0 Å². The molecule has 0 spiro atoms. The van der Waals surface area contributed by atoms with Crippen molar-refractivity contribution in [2.24, 2.45) is 5.92 Å². The smallest absolute Gasteiger partial charge is 0.305 e. The topological polar surface area (TPSA) is 80.3 Å². The van der Waals surface area contributed by atoms with E-state index in [2.05, 4.69) is 0 Å². The van der Waals surface area contributed by atoms with Gasteiger partial charge in [0.05, 0.1) is 25.9 Å². The van der Waals surface area contributed by atoms with Gasteiger partial charge in [0.2, 0.25) is 6.29 Å². The Kier molecular flexibility index (Phi) is 8.79. The summed E-state index contributed by atoms with van der Waals surface area (Å²) in [4.78, 5) is 23.5. The summed E-state index contributed by atoms with van der Waals surface area (Å²) in [5, 5.41) is 0. The average molecular weight is 443 g/mol. The highest BCUT2D eigenvalue weighted by molar-refractivity contribution is 5.67. The van der Waals surface area contributed by atoms with Crippen molar-refractivity contribution < 1.29 is 33.3 Å². The Morgan fingerprint density at radius 2 is 1.38 bits per heavy atom. The number of esters is 2. The molecule has 1 aliphatic rings. The third-order valence-electron chi connectivity index (χ3n) is 5.27. The summed E-state index contributed by atoms with van der Waals surface area (Å²) in [6, 6.07) is 19.5. The van der Waals surface area contributed by atoms with Crippen LogP contribution in [0.2, 0.25) is 0 Å². The summed E-state index contributed by atoms with van der Waals surface area (Å²) in [7, 11) is 0. The second-order valence-corrected chi connectivity index (χ2v) is 7.85. The SMILES string of the molecule is CC(=O)O[C@H]1O[C@@H](COCc2ccccc2)[C@@H](C)[C@H](OCc2ccccc2)[C@@H]1OC(C)=O. The Morgan fingerprint density at radius 1 is 0.812 bits per heavy atom. The molecule has 0 N–H and O–H groups in total. The van der Waals surface area contributed by atoms with Gasteiger partial charge in [0.1, 0.15) is 6.10 Å². The van der Waals surface area contributed by atoms with Gasteiger partial charge in [0, 0.05) is 19.8 Å². The first kappa shape index (κ1) is 23.9. The van der Waals surface area contributed by atoms with Gasteiger partial charge in [0.15, 0.2) is 6.10 Å². The zero-order valence-corrected chi connectivity index (χ0v) is 18.6. The van der Waals surface area contributed by atoms with E-state index in [1.165, 1.54) is 13.8 Å². The number of rotatable bonds is 9. The molecular formula is C25H30O7. The molecular weight excluding hydrogens is 412 g/mol. The highest BCUT2D eigenvalue weighted by Crippen LogP contribution is 2.32. The van der Waals surface area contributed by atoms with Gasteiger partial charge in [0.25, 0.3) is 0 Å². The zero-order valence-electron chi connectivity index (χ0n) is 18.6. The van der Waals surface area contributed by atoms with E-state index in [1.807, 2.05) is 67.6 Å². The van der Waals surface area contributed by atoms with Crippen molar-refractivity contribution in [2.45, 2.75) is 58.6 Å². The summed E-state index contributed by atoms with van der Waals surface area (Å²) in [6.07, 6.45) is -2.95. The van der Waals surface area contributed by atoms with Gasteiger partial charge in [-0.1, -0.05) is 67.6 Å². The predicted octanol–water partition coefficient (Wildman–Crippen LogP) is 3.64. The monoisotopic (exact) mass is 442 g/mol. The van der Waals surface area contributed by atoms with Crippen LogP contribution in [0, 0.1) is 5.92 Å². The van der Waals surface area contributed by atoms with Crippen molar-refractivity contribution in [3.8, 4) is 0 Å². The molecule has 2 aromatic rings. The van der Waals surface area contributed by atoms with Crippen molar-refractivity contribution in [3.63, 3.8) is 0 Å². The molecule has 1 heterocycles. The Labute approximate surface area is 188 Å². The Morgan fingerprint density at radius 3 is 1.94 bits per heavy atom. The lowest BCUT2D eigenvalue weighted by Gasteiger charge is -2.44. The first-order chi connectivity index (χ1) is 15.4. The maximum atomic E-state index is 11.8. The summed E-state index contributed by atoms with van der Waals surface area (Å²) in [5.74, 6) is -1.23. The minimum atomic E-state index is -1.08. The Hall–Kier alpha value is -2.74. The van der Waals surface area contributed by atoms with E-state index in [4.69, 9.17) is 23.7 Å². The van der Waals surface area contributed by atoms with E-state index in [0.717, 1.165) is 11.1 Å². The molecule has 0 aromatic heterocycles. The van der Waals surface area contributed by atoms with Crippen LogP contribution in [-0.4, -0.2) is 43.1 Å². The molecule has 0 saturated carbocycles. The van der Waals surface area contributed by atoms with Gasteiger partial charge < -0.3 is 23.7 Å². The third-order valence-corrected chi connectivity index (χ3v) is 5.27. The summed E-state index contributed by atoms with van der Waals surface area (Å²) in [5.41, 5.74) is 2.02. The number of carbonyl (C=O) groups excluding carboxylic acids is 2. The number of hydrogen-bond donors (Lipinski definition) is 0. The largest absolute Gasteiger partial charge is 0.453 e.